The highest BCUT2D eigenvalue weighted by atomic mass is 16.1. The summed E-state index contributed by atoms with van der Waals surface area (Å²) in [5, 5.41) is 0. The molecule has 0 aliphatic heterocycles. The summed E-state index contributed by atoms with van der Waals surface area (Å²) in [6, 6.07) is 0. The molecular weight excluding hydrogens is 256 g/mol. The number of hydrogen-bond acceptors (Lipinski definition) is 1. The number of carbonyl (C=O) groups excluding carboxylic acids is 1. The van der Waals surface area contributed by atoms with Crippen molar-refractivity contribution in [3.63, 3.8) is 0 Å². The molecular formula is C20H30O. The van der Waals surface area contributed by atoms with Crippen molar-refractivity contribution in [3.8, 4) is 0 Å². The van der Waals surface area contributed by atoms with E-state index in [9.17, 15) is 4.79 Å². The minimum atomic E-state index is -0.0980. The topological polar surface area (TPSA) is 17.1 Å². The molecule has 1 spiro atoms. The summed E-state index contributed by atoms with van der Waals surface area (Å²) in [6.45, 7) is 15.2. The van der Waals surface area contributed by atoms with Crippen LogP contribution in [-0.2, 0) is 4.79 Å². The van der Waals surface area contributed by atoms with E-state index in [0.29, 0.717) is 5.92 Å². The molecule has 0 bridgehead atoms. The van der Waals surface area contributed by atoms with Crippen molar-refractivity contribution in [1.29, 1.82) is 0 Å². The van der Waals surface area contributed by atoms with Gasteiger partial charge in [-0.25, -0.2) is 0 Å². The van der Waals surface area contributed by atoms with E-state index in [1.807, 2.05) is 0 Å². The smallest absolute Gasteiger partial charge is 0.185 e. The van der Waals surface area contributed by atoms with E-state index >= 15 is 0 Å². The fraction of sp³-hybridized carbons (Fsp3) is 0.650. The molecule has 0 heterocycles. The zero-order valence-electron chi connectivity index (χ0n) is 14.7. The van der Waals surface area contributed by atoms with E-state index < -0.39 is 0 Å². The third kappa shape index (κ3) is 3.22. The highest BCUT2D eigenvalue weighted by molar-refractivity contribution is 6.11. The van der Waals surface area contributed by atoms with Crippen molar-refractivity contribution in [1.82, 2.24) is 0 Å². The van der Waals surface area contributed by atoms with Gasteiger partial charge in [0.25, 0.3) is 0 Å². The van der Waals surface area contributed by atoms with E-state index in [1.165, 1.54) is 0 Å². The molecule has 1 nitrogen and oxygen atoms in total. The predicted octanol–water partition coefficient (Wildman–Crippen LogP) is 5.49. The molecule has 0 saturated carbocycles. The van der Waals surface area contributed by atoms with E-state index in [4.69, 9.17) is 0 Å². The Hall–Kier alpha value is -1.11. The molecule has 2 rings (SSSR count). The van der Waals surface area contributed by atoms with E-state index in [-0.39, 0.29) is 22.0 Å². The average molecular weight is 286 g/mol. The summed E-state index contributed by atoms with van der Waals surface area (Å²) in [4.78, 5) is 13.0. The lowest BCUT2D eigenvalue weighted by atomic mass is 9.62. The fourth-order valence-electron chi connectivity index (χ4n) is 3.51. The second-order valence-electron chi connectivity index (χ2n) is 8.99. The van der Waals surface area contributed by atoms with Crippen molar-refractivity contribution in [2.75, 3.05) is 0 Å². The molecule has 2 aliphatic rings. The Morgan fingerprint density at radius 1 is 1.00 bits per heavy atom. The summed E-state index contributed by atoms with van der Waals surface area (Å²) < 4.78 is 0. The van der Waals surface area contributed by atoms with Crippen LogP contribution in [-0.4, -0.2) is 5.78 Å². The third-order valence-electron chi connectivity index (χ3n) is 4.63. The van der Waals surface area contributed by atoms with Gasteiger partial charge in [-0.15, -0.1) is 0 Å². The lowest BCUT2D eigenvalue weighted by molar-refractivity contribution is -0.114. The highest BCUT2D eigenvalue weighted by Crippen LogP contribution is 2.48. The van der Waals surface area contributed by atoms with Gasteiger partial charge >= 0.3 is 0 Å². The van der Waals surface area contributed by atoms with Crippen LogP contribution in [0.4, 0.5) is 0 Å². The molecule has 0 aromatic heterocycles. The molecule has 0 aromatic rings. The van der Waals surface area contributed by atoms with Crippen LogP contribution in [0.2, 0.25) is 0 Å². The maximum atomic E-state index is 13.0. The molecule has 0 saturated heterocycles. The van der Waals surface area contributed by atoms with Crippen LogP contribution >= 0.6 is 0 Å². The monoisotopic (exact) mass is 286 g/mol. The van der Waals surface area contributed by atoms with Gasteiger partial charge in [0.1, 0.15) is 0 Å². The van der Waals surface area contributed by atoms with Crippen molar-refractivity contribution in [2.45, 2.75) is 61.3 Å². The standard InChI is InChI=1S/C20H30O/c1-14-9-8-10-20(11-14)12-15(18(2,3)4)17(21)16(13-20)19(5,6)7/h8-9,12-14H,10-11H2,1-7H3. The molecule has 1 atom stereocenters. The lowest BCUT2D eigenvalue weighted by Gasteiger charge is -2.41. The number of allylic oxidation sites excluding steroid dienone is 6. The SMILES string of the molecule is CC1C=CCC2(C=C(C(C)(C)C)C(=O)C(C(C)(C)C)=C2)C1. The minimum Gasteiger partial charge on any atom is -0.289 e. The van der Waals surface area contributed by atoms with Gasteiger partial charge < -0.3 is 0 Å². The molecule has 1 heteroatoms. The summed E-state index contributed by atoms with van der Waals surface area (Å²) in [5.74, 6) is 0.824. The maximum absolute atomic E-state index is 13.0. The molecule has 21 heavy (non-hydrogen) atoms. The number of ketones is 1. The first-order chi connectivity index (χ1) is 9.45. The highest BCUT2D eigenvalue weighted by Gasteiger charge is 2.41. The van der Waals surface area contributed by atoms with Crippen LogP contribution in [0.15, 0.2) is 35.5 Å². The number of rotatable bonds is 0. The molecule has 0 fully saturated rings. The van der Waals surface area contributed by atoms with Crippen molar-refractivity contribution in [2.24, 2.45) is 22.2 Å². The predicted molar refractivity (Wildman–Crippen MR) is 90.1 cm³/mol. The van der Waals surface area contributed by atoms with Crippen molar-refractivity contribution in [3.05, 3.63) is 35.5 Å². The van der Waals surface area contributed by atoms with Crippen LogP contribution in [0.3, 0.4) is 0 Å². The molecule has 116 valence electrons. The Bertz CT molecular complexity index is 495. The first-order valence-corrected chi connectivity index (χ1v) is 8.13. The van der Waals surface area contributed by atoms with Gasteiger partial charge in [-0.3, -0.25) is 4.79 Å². The van der Waals surface area contributed by atoms with Crippen LogP contribution in [0, 0.1) is 22.2 Å². The normalized spacial score (nSPS) is 25.9. The summed E-state index contributed by atoms with van der Waals surface area (Å²) in [5.41, 5.74) is 1.83. The van der Waals surface area contributed by atoms with Gasteiger partial charge in [-0.05, 0) is 29.6 Å². The molecule has 0 aromatic carbocycles. The van der Waals surface area contributed by atoms with E-state index in [0.717, 1.165) is 24.0 Å². The van der Waals surface area contributed by atoms with Gasteiger partial charge in [-0.1, -0.05) is 72.8 Å². The Morgan fingerprint density at radius 2 is 1.48 bits per heavy atom. The first-order valence-electron chi connectivity index (χ1n) is 8.13. The van der Waals surface area contributed by atoms with E-state index in [2.05, 4.69) is 72.8 Å². The largest absolute Gasteiger partial charge is 0.289 e. The zero-order valence-corrected chi connectivity index (χ0v) is 14.7. The maximum Gasteiger partial charge on any atom is 0.185 e. The number of hydrogen-bond donors (Lipinski definition) is 0. The Kier molecular flexibility index (Phi) is 3.85. The van der Waals surface area contributed by atoms with Gasteiger partial charge in [0.2, 0.25) is 0 Å². The van der Waals surface area contributed by atoms with Gasteiger partial charge in [0.05, 0.1) is 0 Å². The van der Waals surface area contributed by atoms with Crippen molar-refractivity contribution >= 4 is 5.78 Å². The van der Waals surface area contributed by atoms with Gasteiger partial charge in [-0.2, -0.15) is 0 Å². The molecule has 2 aliphatic carbocycles. The number of carbonyl (C=O) groups is 1. The molecule has 0 radical (unpaired) electrons. The van der Waals surface area contributed by atoms with Gasteiger partial charge in [0, 0.05) is 16.6 Å². The fourth-order valence-corrected chi connectivity index (χ4v) is 3.51. The van der Waals surface area contributed by atoms with Crippen LogP contribution in [0.1, 0.15) is 61.3 Å². The summed E-state index contributed by atoms with van der Waals surface area (Å²) in [6.07, 6.45) is 11.3. The average Bonchev–Trinajstić information content (AvgIpc) is 2.29. The summed E-state index contributed by atoms with van der Waals surface area (Å²) >= 11 is 0. The second kappa shape index (κ2) is 4.97. The zero-order chi connectivity index (χ0) is 16.1. The van der Waals surface area contributed by atoms with Crippen LogP contribution in [0.5, 0.6) is 0 Å². The minimum absolute atomic E-state index is 0.0350. The Balaban J connectivity index is 2.58. The molecule has 0 N–H and O–H groups in total. The number of Topliss-reactive ketones (excluding diaryl/α,β-unsaturated/α-hetero) is 1. The lowest BCUT2D eigenvalue weighted by Crippen LogP contribution is -2.35. The van der Waals surface area contributed by atoms with Crippen molar-refractivity contribution < 1.29 is 4.79 Å². The van der Waals surface area contributed by atoms with E-state index in [1.54, 1.807) is 0 Å². The molecule has 0 amide bonds. The quantitative estimate of drug-likeness (QED) is 0.538. The molecule has 1 unspecified atom stereocenters. The second-order valence-corrected chi connectivity index (χ2v) is 8.99. The third-order valence-corrected chi connectivity index (χ3v) is 4.63. The summed E-state index contributed by atoms with van der Waals surface area (Å²) in [7, 11) is 0. The van der Waals surface area contributed by atoms with Crippen LogP contribution < -0.4 is 0 Å². The first kappa shape index (κ1) is 16.3. The Labute approximate surface area is 130 Å². The Morgan fingerprint density at radius 3 is 1.86 bits per heavy atom. The van der Waals surface area contributed by atoms with Gasteiger partial charge in [0.15, 0.2) is 5.78 Å². The van der Waals surface area contributed by atoms with Crippen LogP contribution in [0.25, 0.3) is 0 Å².